The molecule has 0 N–H and O–H groups in total. The number of benzene rings is 3. The third kappa shape index (κ3) is 4.31. The summed E-state index contributed by atoms with van der Waals surface area (Å²) in [6, 6.07) is 31.8. The quantitative estimate of drug-likeness (QED) is 0.265. The average molecular weight is 535 g/mol. The Kier molecular flexibility index (Phi) is 6.67. The van der Waals surface area contributed by atoms with Gasteiger partial charge in [0.2, 0.25) is 0 Å². The van der Waals surface area contributed by atoms with Crippen LogP contribution in [0.3, 0.4) is 0 Å². The first-order chi connectivity index (χ1) is 19.8. The first-order valence-corrected chi connectivity index (χ1v) is 16.0. The summed E-state index contributed by atoms with van der Waals surface area (Å²) in [5.74, 6) is 0. The van der Waals surface area contributed by atoms with E-state index in [9.17, 15) is 5.26 Å². The molecule has 0 amide bonds. The van der Waals surface area contributed by atoms with Crippen molar-refractivity contribution >= 4 is 42.2 Å². The fourth-order valence-corrected chi connectivity index (χ4v) is 10.4. The lowest BCUT2D eigenvalue weighted by Gasteiger charge is -2.49. The van der Waals surface area contributed by atoms with Gasteiger partial charge in [-0.3, -0.25) is 0 Å². The lowest BCUT2D eigenvalue weighted by molar-refractivity contribution is 0.557. The van der Waals surface area contributed by atoms with Crippen molar-refractivity contribution in [2.75, 3.05) is 4.90 Å². The van der Waals surface area contributed by atoms with Crippen molar-refractivity contribution in [2.24, 2.45) is 4.99 Å². The first-order valence-electron chi connectivity index (χ1n) is 14.5. The Labute approximate surface area is 238 Å². The van der Waals surface area contributed by atoms with Crippen LogP contribution in [0.2, 0.25) is 5.54 Å². The first kappa shape index (κ1) is 24.8. The van der Waals surface area contributed by atoms with Crippen molar-refractivity contribution < 1.29 is 0 Å². The van der Waals surface area contributed by atoms with Gasteiger partial charge in [0.15, 0.2) is 0 Å². The molecule has 2 atom stereocenters. The van der Waals surface area contributed by atoms with Crippen LogP contribution in [0.15, 0.2) is 120 Å². The zero-order chi connectivity index (χ0) is 26.9. The molecule has 2 unspecified atom stereocenters. The number of rotatable bonds is 4. The number of fused-ring (bicyclic) bond motifs is 2. The number of para-hydroxylation sites is 1. The molecular weight excluding hydrogens is 503 g/mol. The fraction of sp³-hybridized carbons (Fsp3) is 0.222. The summed E-state index contributed by atoms with van der Waals surface area (Å²) in [7, 11) is -0.966. The van der Waals surface area contributed by atoms with Gasteiger partial charge in [0.05, 0.1) is 0 Å². The van der Waals surface area contributed by atoms with E-state index in [1.807, 2.05) is 6.21 Å². The lowest BCUT2D eigenvalue weighted by Crippen LogP contribution is -2.59. The van der Waals surface area contributed by atoms with Crippen LogP contribution in [0.4, 0.5) is 5.69 Å². The van der Waals surface area contributed by atoms with Crippen LogP contribution in [0.1, 0.15) is 49.7 Å². The summed E-state index contributed by atoms with van der Waals surface area (Å²) >= 11 is 0. The fourth-order valence-electron chi connectivity index (χ4n) is 6.98. The molecule has 0 saturated carbocycles. The molecule has 2 heterocycles. The molecule has 0 aromatic heterocycles. The second-order valence-electron chi connectivity index (χ2n) is 10.9. The Morgan fingerprint density at radius 3 is 2.52 bits per heavy atom. The van der Waals surface area contributed by atoms with Crippen molar-refractivity contribution in [3.8, 4) is 6.07 Å². The SMILES string of the molecule is N#CC1=C(c2ccccc2C2=CCCC(N3c4ccccc4[Si](c4ccccc4)C4C=CCCC43)=C2)CCC=N1. The highest BCUT2D eigenvalue weighted by Crippen LogP contribution is 2.43. The van der Waals surface area contributed by atoms with Gasteiger partial charge in [-0.05, 0) is 78.1 Å². The smallest absolute Gasteiger partial charge is 0.143 e. The molecule has 2 aliphatic heterocycles. The predicted octanol–water partition coefficient (Wildman–Crippen LogP) is 7.06. The van der Waals surface area contributed by atoms with Gasteiger partial charge in [0.1, 0.15) is 20.6 Å². The summed E-state index contributed by atoms with van der Waals surface area (Å²) in [4.78, 5) is 7.14. The van der Waals surface area contributed by atoms with Crippen LogP contribution >= 0.6 is 0 Å². The second-order valence-corrected chi connectivity index (χ2v) is 13.5. The Morgan fingerprint density at radius 2 is 1.65 bits per heavy atom. The van der Waals surface area contributed by atoms with E-state index in [4.69, 9.17) is 0 Å². The van der Waals surface area contributed by atoms with Crippen LogP contribution in [0.25, 0.3) is 11.1 Å². The van der Waals surface area contributed by atoms with Crippen molar-refractivity contribution in [1.82, 2.24) is 0 Å². The number of aliphatic imine (C=N–C) groups is 1. The molecular formula is C36H32N3Si. The van der Waals surface area contributed by atoms with Gasteiger partial charge in [-0.2, -0.15) is 5.26 Å². The third-order valence-corrected chi connectivity index (χ3v) is 11.9. The van der Waals surface area contributed by atoms with Crippen LogP contribution in [-0.4, -0.2) is 21.1 Å². The number of nitriles is 1. The molecule has 195 valence electrons. The maximum Gasteiger partial charge on any atom is 0.143 e. The molecule has 3 aromatic rings. The maximum absolute atomic E-state index is 9.79. The molecule has 0 spiro atoms. The van der Waals surface area contributed by atoms with Gasteiger partial charge >= 0.3 is 0 Å². The molecule has 0 fully saturated rings. The summed E-state index contributed by atoms with van der Waals surface area (Å²) in [6.45, 7) is 0. The van der Waals surface area contributed by atoms with E-state index in [1.54, 1.807) is 0 Å². The van der Waals surface area contributed by atoms with E-state index in [1.165, 1.54) is 39.3 Å². The van der Waals surface area contributed by atoms with Gasteiger partial charge in [0, 0.05) is 29.2 Å². The molecule has 4 heteroatoms. The van der Waals surface area contributed by atoms with E-state index in [2.05, 4.69) is 119 Å². The maximum atomic E-state index is 9.79. The van der Waals surface area contributed by atoms with Crippen LogP contribution in [-0.2, 0) is 0 Å². The summed E-state index contributed by atoms with van der Waals surface area (Å²) in [5, 5.41) is 12.8. The lowest BCUT2D eigenvalue weighted by atomic mass is 9.87. The van der Waals surface area contributed by atoms with E-state index in [-0.39, 0.29) is 0 Å². The Balaban J connectivity index is 1.34. The molecule has 3 nitrogen and oxygen atoms in total. The van der Waals surface area contributed by atoms with Crippen molar-refractivity contribution in [3.05, 3.63) is 126 Å². The number of hydrogen-bond donors (Lipinski definition) is 0. The second kappa shape index (κ2) is 10.8. The van der Waals surface area contributed by atoms with Crippen LogP contribution in [0, 0.1) is 11.3 Å². The topological polar surface area (TPSA) is 39.4 Å². The zero-order valence-corrected chi connectivity index (χ0v) is 23.6. The minimum absolute atomic E-state index is 0.468. The highest BCUT2D eigenvalue weighted by atomic mass is 28.3. The minimum Gasteiger partial charge on any atom is -0.342 e. The van der Waals surface area contributed by atoms with Crippen molar-refractivity contribution in [1.29, 1.82) is 5.26 Å². The molecule has 3 aromatic carbocycles. The van der Waals surface area contributed by atoms with Gasteiger partial charge in [-0.1, -0.05) is 96.2 Å². The van der Waals surface area contributed by atoms with Gasteiger partial charge in [0.25, 0.3) is 0 Å². The van der Waals surface area contributed by atoms with Gasteiger partial charge in [-0.15, -0.1) is 0 Å². The number of allylic oxidation sites excluding steroid dienone is 7. The van der Waals surface area contributed by atoms with E-state index >= 15 is 0 Å². The Morgan fingerprint density at radius 1 is 0.850 bits per heavy atom. The summed E-state index contributed by atoms with van der Waals surface area (Å²) < 4.78 is 0. The Hall–Kier alpha value is -4.20. The molecule has 7 rings (SSSR count). The van der Waals surface area contributed by atoms with Gasteiger partial charge in [-0.25, -0.2) is 4.99 Å². The predicted molar refractivity (Wildman–Crippen MR) is 168 cm³/mol. The molecule has 4 aliphatic rings. The highest BCUT2D eigenvalue weighted by Gasteiger charge is 2.43. The minimum atomic E-state index is -0.966. The van der Waals surface area contributed by atoms with Crippen molar-refractivity contribution in [3.63, 3.8) is 0 Å². The molecule has 1 radical (unpaired) electrons. The van der Waals surface area contributed by atoms with E-state index < -0.39 is 8.80 Å². The zero-order valence-electron chi connectivity index (χ0n) is 22.6. The molecule has 0 bridgehead atoms. The third-order valence-electron chi connectivity index (χ3n) is 8.69. The van der Waals surface area contributed by atoms with Gasteiger partial charge < -0.3 is 4.90 Å². The Bertz CT molecular complexity index is 1640. The summed E-state index contributed by atoms with van der Waals surface area (Å²) in [5.41, 5.74) is 8.57. The molecule has 0 saturated heterocycles. The van der Waals surface area contributed by atoms with Crippen LogP contribution < -0.4 is 15.3 Å². The largest absolute Gasteiger partial charge is 0.342 e. The van der Waals surface area contributed by atoms with Crippen molar-refractivity contribution in [2.45, 2.75) is 50.1 Å². The molecule has 40 heavy (non-hydrogen) atoms. The van der Waals surface area contributed by atoms with E-state index in [0.29, 0.717) is 17.3 Å². The number of nitrogens with zero attached hydrogens (tertiary/aromatic N) is 3. The van der Waals surface area contributed by atoms with Crippen LogP contribution in [0.5, 0.6) is 0 Å². The highest BCUT2D eigenvalue weighted by molar-refractivity contribution is 6.88. The molecule has 2 aliphatic carbocycles. The normalized spacial score (nSPS) is 22.2. The number of hydrogen-bond acceptors (Lipinski definition) is 3. The summed E-state index contributed by atoms with van der Waals surface area (Å²) in [6.07, 6.45) is 17.7. The number of anilines is 1. The average Bonchev–Trinajstić information content (AvgIpc) is 3.04. The monoisotopic (exact) mass is 534 g/mol. The standard InChI is InChI=1S/C36H32N3Si/c37-25-32-31(18-11-23-38-32)30-17-5-4-16-29(30)26-12-10-13-27(24-26)39-33-19-6-8-21-35(33)40(28-14-2-1-3-15-28)36-22-9-7-20-34(36)39/h1-6,8-9,12,14-17,19,21-24,34,36H,7,10-11,13,18,20H2. The van der Waals surface area contributed by atoms with E-state index in [0.717, 1.165) is 43.2 Å².